The Morgan fingerprint density at radius 3 is 2.78 bits per heavy atom. The molecule has 1 aromatic heterocycles. The van der Waals surface area contributed by atoms with Crippen molar-refractivity contribution in [2.45, 2.75) is 6.92 Å². The van der Waals surface area contributed by atoms with Gasteiger partial charge in [0, 0.05) is 0 Å². The van der Waals surface area contributed by atoms with Crippen LogP contribution in [0.4, 0.5) is 5.95 Å². The Kier molecular flexibility index (Phi) is 1.18. The number of aromatic nitrogens is 2. The predicted molar refractivity (Wildman–Crippen MR) is 28.8 cm³/mol. The van der Waals surface area contributed by atoms with Crippen LogP contribution in [0.2, 0.25) is 0 Å². The van der Waals surface area contributed by atoms with E-state index in [0.717, 1.165) is 0 Å². The molecule has 0 aliphatic carbocycles. The Hall–Kier alpha value is -1.39. The normalized spacial score (nSPS) is 9.44. The van der Waals surface area contributed by atoms with Crippen molar-refractivity contribution < 1.29 is 4.92 Å². The van der Waals surface area contributed by atoms with Crippen molar-refractivity contribution in [3.63, 3.8) is 0 Å². The van der Waals surface area contributed by atoms with Crippen LogP contribution in [0.3, 0.4) is 0 Å². The van der Waals surface area contributed by atoms with Crippen molar-refractivity contribution in [2.24, 2.45) is 0 Å². The van der Waals surface area contributed by atoms with Gasteiger partial charge in [-0.05, 0) is 11.8 Å². The third-order valence-electron chi connectivity index (χ3n) is 0.802. The molecule has 0 aliphatic rings. The lowest BCUT2D eigenvalue weighted by molar-refractivity contribution is -0.393. The van der Waals surface area contributed by atoms with Gasteiger partial charge >= 0.3 is 5.95 Å². The summed E-state index contributed by atoms with van der Waals surface area (Å²) in [5.74, 6) is -0.257. The summed E-state index contributed by atoms with van der Waals surface area (Å²) in [6, 6.07) is 0. The van der Waals surface area contributed by atoms with Crippen LogP contribution in [0, 0.1) is 23.2 Å². The fourth-order valence-corrected chi connectivity index (χ4v) is 0.448. The molecule has 0 aliphatic heterocycles. The van der Waals surface area contributed by atoms with E-state index in [-0.39, 0.29) is 5.95 Å². The monoisotopic (exact) mass is 126 g/mol. The van der Waals surface area contributed by atoms with Crippen LogP contribution in [-0.2, 0) is 0 Å². The molecular formula is C4H4N3O2. The van der Waals surface area contributed by atoms with Gasteiger partial charge in [0.15, 0.2) is 11.9 Å². The van der Waals surface area contributed by atoms with Crippen LogP contribution in [0.15, 0.2) is 0 Å². The summed E-state index contributed by atoms with van der Waals surface area (Å²) in [7, 11) is 0. The number of nitrogens with one attached hydrogen (secondary N) is 1. The van der Waals surface area contributed by atoms with Gasteiger partial charge in [-0.15, -0.1) is 0 Å². The second-order valence-electron chi connectivity index (χ2n) is 1.53. The SMILES string of the molecule is Cc1[c][nH]c([N+](=O)[O-])n1. The summed E-state index contributed by atoms with van der Waals surface area (Å²) in [5, 5.41) is 9.91. The molecule has 0 unspecified atom stereocenters. The minimum Gasteiger partial charge on any atom is -0.390 e. The van der Waals surface area contributed by atoms with Gasteiger partial charge in [0.25, 0.3) is 0 Å². The zero-order valence-electron chi connectivity index (χ0n) is 4.71. The molecular weight excluding hydrogens is 122 g/mol. The van der Waals surface area contributed by atoms with Crippen LogP contribution < -0.4 is 0 Å². The first-order valence-electron chi connectivity index (χ1n) is 2.29. The van der Waals surface area contributed by atoms with E-state index in [2.05, 4.69) is 16.2 Å². The van der Waals surface area contributed by atoms with Crippen molar-refractivity contribution in [1.29, 1.82) is 0 Å². The Balaban J connectivity index is 2.98. The lowest BCUT2D eigenvalue weighted by Crippen LogP contribution is -1.88. The predicted octanol–water partition coefficient (Wildman–Crippen LogP) is 0.427. The quantitative estimate of drug-likeness (QED) is 0.438. The number of rotatable bonds is 1. The molecule has 0 aromatic carbocycles. The van der Waals surface area contributed by atoms with Crippen LogP contribution in [-0.4, -0.2) is 14.9 Å². The summed E-state index contributed by atoms with van der Waals surface area (Å²) in [4.78, 5) is 15.1. The number of H-pyrrole nitrogens is 1. The molecule has 0 fully saturated rings. The van der Waals surface area contributed by atoms with E-state index in [1.165, 1.54) is 0 Å². The average Bonchev–Trinajstić information content (AvgIpc) is 2.14. The van der Waals surface area contributed by atoms with E-state index in [9.17, 15) is 10.1 Å². The van der Waals surface area contributed by atoms with Crippen LogP contribution in [0.25, 0.3) is 0 Å². The van der Waals surface area contributed by atoms with E-state index in [4.69, 9.17) is 0 Å². The first-order chi connectivity index (χ1) is 4.20. The highest BCUT2D eigenvalue weighted by molar-refractivity contribution is 5.07. The molecule has 1 rings (SSSR count). The van der Waals surface area contributed by atoms with Crippen LogP contribution >= 0.6 is 0 Å². The molecule has 0 atom stereocenters. The Labute approximate surface area is 50.9 Å². The fourth-order valence-electron chi connectivity index (χ4n) is 0.448. The van der Waals surface area contributed by atoms with Gasteiger partial charge in [0.1, 0.15) is 0 Å². The molecule has 5 heteroatoms. The van der Waals surface area contributed by atoms with E-state index in [1.54, 1.807) is 6.92 Å². The maximum Gasteiger partial charge on any atom is 0.433 e. The highest BCUT2D eigenvalue weighted by atomic mass is 16.6. The number of imidazole rings is 1. The fraction of sp³-hybridized carbons (Fsp3) is 0.250. The van der Waals surface area contributed by atoms with E-state index >= 15 is 0 Å². The number of aryl methyl sites for hydroxylation is 1. The second-order valence-corrected chi connectivity index (χ2v) is 1.53. The maximum atomic E-state index is 9.91. The van der Waals surface area contributed by atoms with Gasteiger partial charge < -0.3 is 10.1 Å². The lowest BCUT2D eigenvalue weighted by Gasteiger charge is -1.84. The first-order valence-corrected chi connectivity index (χ1v) is 2.29. The van der Waals surface area contributed by atoms with Gasteiger partial charge in [-0.2, -0.15) is 0 Å². The summed E-state index contributed by atoms with van der Waals surface area (Å²) < 4.78 is 0. The highest BCUT2D eigenvalue weighted by Gasteiger charge is 2.07. The minimum atomic E-state index is -0.594. The molecule has 0 bridgehead atoms. The van der Waals surface area contributed by atoms with Gasteiger partial charge in [0.05, 0.1) is 0 Å². The molecule has 0 saturated carbocycles. The lowest BCUT2D eigenvalue weighted by atomic mass is 10.6. The van der Waals surface area contributed by atoms with E-state index < -0.39 is 4.92 Å². The van der Waals surface area contributed by atoms with Crippen LogP contribution in [0.1, 0.15) is 5.69 Å². The Morgan fingerprint density at radius 1 is 1.89 bits per heavy atom. The summed E-state index contributed by atoms with van der Waals surface area (Å²) >= 11 is 0. The molecule has 0 saturated heterocycles. The molecule has 1 radical (unpaired) electrons. The van der Waals surface area contributed by atoms with Crippen LogP contribution in [0.5, 0.6) is 0 Å². The second kappa shape index (κ2) is 1.85. The number of aromatic amines is 1. The van der Waals surface area contributed by atoms with Crippen molar-refractivity contribution >= 4 is 5.95 Å². The average molecular weight is 126 g/mol. The Bertz CT molecular complexity index is 229. The van der Waals surface area contributed by atoms with Gasteiger partial charge in [-0.1, -0.05) is 4.98 Å². The maximum absolute atomic E-state index is 9.91. The Morgan fingerprint density at radius 2 is 2.56 bits per heavy atom. The molecule has 0 amide bonds. The molecule has 47 valence electrons. The van der Waals surface area contributed by atoms with E-state index in [1.807, 2.05) is 0 Å². The first kappa shape index (κ1) is 5.74. The van der Waals surface area contributed by atoms with Crippen molar-refractivity contribution in [3.05, 3.63) is 22.0 Å². The largest absolute Gasteiger partial charge is 0.433 e. The van der Waals surface area contributed by atoms with Gasteiger partial charge in [0.2, 0.25) is 0 Å². The van der Waals surface area contributed by atoms with E-state index in [0.29, 0.717) is 5.69 Å². The topological polar surface area (TPSA) is 71.8 Å². The number of hydrogen-bond acceptors (Lipinski definition) is 3. The number of hydrogen-bond donors (Lipinski definition) is 1. The third kappa shape index (κ3) is 1.04. The smallest absolute Gasteiger partial charge is 0.390 e. The zero-order chi connectivity index (χ0) is 6.85. The molecule has 5 nitrogen and oxygen atoms in total. The molecule has 9 heavy (non-hydrogen) atoms. The van der Waals surface area contributed by atoms with Crippen molar-refractivity contribution in [3.8, 4) is 0 Å². The van der Waals surface area contributed by atoms with Crippen molar-refractivity contribution in [2.75, 3.05) is 0 Å². The zero-order valence-corrected chi connectivity index (χ0v) is 4.71. The number of nitrogens with zero attached hydrogens (tertiary/aromatic N) is 2. The summed E-state index contributed by atoms with van der Waals surface area (Å²) in [6.45, 7) is 1.63. The summed E-state index contributed by atoms with van der Waals surface area (Å²) in [5.41, 5.74) is 0.502. The number of nitro groups is 1. The van der Waals surface area contributed by atoms with Gasteiger partial charge in [-0.25, -0.2) is 4.98 Å². The highest BCUT2D eigenvalue weighted by Crippen LogP contribution is 2.01. The standard InChI is InChI=1S/C4H4N3O2/c1-3-2-5-4(6-3)7(8)9/h1H3,(H,5,6). The molecule has 1 heterocycles. The van der Waals surface area contributed by atoms with Gasteiger partial charge in [-0.3, -0.25) is 0 Å². The third-order valence-corrected chi connectivity index (χ3v) is 0.802. The minimum absolute atomic E-state index is 0.257. The molecule has 0 spiro atoms. The van der Waals surface area contributed by atoms with Crippen molar-refractivity contribution in [1.82, 2.24) is 9.97 Å². The molecule has 1 aromatic rings. The molecule has 1 N–H and O–H groups in total. The summed E-state index contributed by atoms with van der Waals surface area (Å²) in [6.07, 6.45) is 2.47.